The summed E-state index contributed by atoms with van der Waals surface area (Å²) >= 11 is 0. The highest BCUT2D eigenvalue weighted by atomic mass is 32.2. The van der Waals surface area contributed by atoms with E-state index in [0.29, 0.717) is 24.0 Å². The van der Waals surface area contributed by atoms with Crippen LogP contribution in [0.1, 0.15) is 32.3 Å². The maximum Gasteiger partial charge on any atom is 0.240 e. The third kappa shape index (κ3) is 6.00. The zero-order valence-electron chi connectivity index (χ0n) is 12.1. The van der Waals surface area contributed by atoms with Crippen molar-refractivity contribution in [1.29, 1.82) is 0 Å². The quantitative estimate of drug-likeness (QED) is 0.538. The molecule has 0 aliphatic carbocycles. The Hall–Kier alpha value is -0.950. The SMILES string of the molecule is CC(C)CCNS(=O)(=O)c1ccc(CCCON)cc1. The number of aryl methyl sites for hydroxylation is 1. The average Bonchev–Trinajstić information content (AvgIpc) is 2.39. The zero-order valence-corrected chi connectivity index (χ0v) is 12.9. The number of benzene rings is 1. The van der Waals surface area contributed by atoms with Gasteiger partial charge in [-0.1, -0.05) is 26.0 Å². The highest BCUT2D eigenvalue weighted by Gasteiger charge is 2.13. The molecule has 1 rings (SSSR count). The number of hydrogen-bond donors (Lipinski definition) is 2. The van der Waals surface area contributed by atoms with Gasteiger partial charge in [-0.2, -0.15) is 0 Å². The van der Waals surface area contributed by atoms with E-state index >= 15 is 0 Å². The molecular weight excluding hydrogens is 276 g/mol. The Morgan fingerprint density at radius 3 is 2.45 bits per heavy atom. The third-order valence-electron chi connectivity index (χ3n) is 2.98. The molecule has 0 unspecified atom stereocenters. The highest BCUT2D eigenvalue weighted by molar-refractivity contribution is 7.89. The molecule has 1 aromatic carbocycles. The Kier molecular flexibility index (Phi) is 7.15. The number of rotatable bonds is 9. The minimum Gasteiger partial charge on any atom is -0.305 e. The topological polar surface area (TPSA) is 81.4 Å². The first-order valence-corrected chi connectivity index (χ1v) is 8.34. The molecule has 0 fully saturated rings. The van der Waals surface area contributed by atoms with Gasteiger partial charge in [0.1, 0.15) is 0 Å². The smallest absolute Gasteiger partial charge is 0.240 e. The van der Waals surface area contributed by atoms with Crippen LogP contribution in [0.5, 0.6) is 0 Å². The monoisotopic (exact) mass is 300 g/mol. The van der Waals surface area contributed by atoms with Crippen molar-refractivity contribution in [2.24, 2.45) is 11.8 Å². The van der Waals surface area contributed by atoms with Crippen LogP contribution < -0.4 is 10.6 Å². The molecule has 20 heavy (non-hydrogen) atoms. The van der Waals surface area contributed by atoms with Gasteiger partial charge in [-0.15, -0.1) is 0 Å². The first-order valence-electron chi connectivity index (χ1n) is 6.86. The van der Waals surface area contributed by atoms with Gasteiger partial charge in [0.15, 0.2) is 0 Å². The van der Waals surface area contributed by atoms with Crippen LogP contribution in [-0.4, -0.2) is 21.6 Å². The van der Waals surface area contributed by atoms with Crippen molar-refractivity contribution >= 4 is 10.0 Å². The lowest BCUT2D eigenvalue weighted by atomic mass is 10.1. The van der Waals surface area contributed by atoms with E-state index in [1.54, 1.807) is 12.1 Å². The molecule has 0 spiro atoms. The van der Waals surface area contributed by atoms with Gasteiger partial charge in [0.25, 0.3) is 0 Å². The summed E-state index contributed by atoms with van der Waals surface area (Å²) in [6.45, 7) is 5.09. The van der Waals surface area contributed by atoms with Crippen LogP contribution in [0.3, 0.4) is 0 Å². The first kappa shape index (κ1) is 17.1. The normalized spacial score (nSPS) is 12.0. The zero-order chi connectivity index (χ0) is 15.0. The van der Waals surface area contributed by atoms with E-state index in [1.807, 2.05) is 12.1 Å². The van der Waals surface area contributed by atoms with Crippen molar-refractivity contribution in [3.63, 3.8) is 0 Å². The summed E-state index contributed by atoms with van der Waals surface area (Å²) in [6, 6.07) is 6.92. The van der Waals surface area contributed by atoms with E-state index < -0.39 is 10.0 Å². The van der Waals surface area contributed by atoms with Crippen molar-refractivity contribution in [3.05, 3.63) is 29.8 Å². The first-order chi connectivity index (χ1) is 9.45. The largest absolute Gasteiger partial charge is 0.305 e. The fourth-order valence-corrected chi connectivity index (χ4v) is 2.81. The van der Waals surface area contributed by atoms with Crippen molar-refractivity contribution < 1.29 is 13.3 Å². The summed E-state index contributed by atoms with van der Waals surface area (Å²) in [5.41, 5.74) is 1.07. The molecule has 0 aliphatic rings. The van der Waals surface area contributed by atoms with E-state index in [-0.39, 0.29) is 0 Å². The highest BCUT2D eigenvalue weighted by Crippen LogP contribution is 2.12. The second-order valence-corrected chi connectivity index (χ2v) is 6.97. The average molecular weight is 300 g/mol. The van der Waals surface area contributed by atoms with Crippen LogP contribution in [0.4, 0.5) is 0 Å². The molecule has 0 bridgehead atoms. The molecule has 0 aromatic heterocycles. The molecule has 3 N–H and O–H groups in total. The Balaban J connectivity index is 2.57. The van der Waals surface area contributed by atoms with Gasteiger partial charge in [0.2, 0.25) is 10.0 Å². The Labute approximate surface area is 121 Å². The van der Waals surface area contributed by atoms with E-state index in [2.05, 4.69) is 23.4 Å². The number of nitrogens with one attached hydrogen (secondary N) is 1. The van der Waals surface area contributed by atoms with Crippen LogP contribution in [-0.2, 0) is 21.3 Å². The summed E-state index contributed by atoms with van der Waals surface area (Å²) in [5, 5.41) is 0. The lowest BCUT2D eigenvalue weighted by molar-refractivity contribution is 0.135. The van der Waals surface area contributed by atoms with E-state index in [4.69, 9.17) is 5.90 Å². The second kappa shape index (κ2) is 8.36. The number of hydrogen-bond acceptors (Lipinski definition) is 4. The summed E-state index contributed by atoms with van der Waals surface area (Å²) in [5.74, 6) is 5.43. The molecule has 5 nitrogen and oxygen atoms in total. The number of nitrogens with two attached hydrogens (primary N) is 1. The standard InChI is InChI=1S/C14H24N2O3S/c1-12(2)9-10-16-20(17,18)14-7-5-13(6-8-14)4-3-11-19-15/h5-8,12,16H,3-4,9-11,15H2,1-2H3. The summed E-state index contributed by atoms with van der Waals surface area (Å²) in [6.07, 6.45) is 2.46. The summed E-state index contributed by atoms with van der Waals surface area (Å²) < 4.78 is 26.7. The molecule has 0 heterocycles. The van der Waals surface area contributed by atoms with E-state index in [9.17, 15) is 8.42 Å². The summed E-state index contributed by atoms with van der Waals surface area (Å²) in [7, 11) is -3.39. The molecule has 114 valence electrons. The van der Waals surface area contributed by atoms with E-state index in [1.165, 1.54) is 0 Å². The third-order valence-corrected chi connectivity index (χ3v) is 4.45. The molecule has 0 radical (unpaired) electrons. The van der Waals surface area contributed by atoms with Crippen molar-refractivity contribution in [2.45, 2.75) is 38.0 Å². The molecule has 0 atom stereocenters. The van der Waals surface area contributed by atoms with Crippen LogP contribution >= 0.6 is 0 Å². The van der Waals surface area contributed by atoms with Gasteiger partial charge >= 0.3 is 0 Å². The van der Waals surface area contributed by atoms with Crippen molar-refractivity contribution in [1.82, 2.24) is 4.72 Å². The molecule has 1 aromatic rings. The lowest BCUT2D eigenvalue weighted by Gasteiger charge is -2.09. The molecular formula is C14H24N2O3S. The molecule has 0 saturated heterocycles. The fraction of sp³-hybridized carbons (Fsp3) is 0.571. The van der Waals surface area contributed by atoms with Gasteiger partial charge in [-0.3, -0.25) is 0 Å². The summed E-state index contributed by atoms with van der Waals surface area (Å²) in [4.78, 5) is 4.80. The van der Waals surface area contributed by atoms with Crippen LogP contribution in [0.2, 0.25) is 0 Å². The van der Waals surface area contributed by atoms with Crippen molar-refractivity contribution in [3.8, 4) is 0 Å². The predicted molar refractivity (Wildman–Crippen MR) is 79.5 cm³/mol. The van der Waals surface area contributed by atoms with Crippen LogP contribution in [0.25, 0.3) is 0 Å². The van der Waals surface area contributed by atoms with Crippen LogP contribution in [0, 0.1) is 5.92 Å². The molecule has 0 aliphatic heterocycles. The van der Waals surface area contributed by atoms with Crippen LogP contribution in [0.15, 0.2) is 29.2 Å². The Bertz CT molecular complexity index is 484. The Morgan fingerprint density at radius 1 is 1.25 bits per heavy atom. The maximum atomic E-state index is 12.0. The van der Waals surface area contributed by atoms with Gasteiger partial charge in [0, 0.05) is 6.54 Å². The van der Waals surface area contributed by atoms with Gasteiger partial charge in [-0.25, -0.2) is 19.0 Å². The Morgan fingerprint density at radius 2 is 1.90 bits per heavy atom. The van der Waals surface area contributed by atoms with Gasteiger partial charge < -0.3 is 4.84 Å². The minimum atomic E-state index is -3.39. The van der Waals surface area contributed by atoms with Gasteiger partial charge in [0.05, 0.1) is 11.5 Å². The number of sulfonamides is 1. The van der Waals surface area contributed by atoms with Gasteiger partial charge in [-0.05, 0) is 42.9 Å². The lowest BCUT2D eigenvalue weighted by Crippen LogP contribution is -2.25. The van der Waals surface area contributed by atoms with Crippen molar-refractivity contribution in [2.75, 3.05) is 13.2 Å². The maximum absolute atomic E-state index is 12.0. The minimum absolute atomic E-state index is 0.306. The second-order valence-electron chi connectivity index (χ2n) is 5.20. The molecule has 6 heteroatoms. The fourth-order valence-electron chi connectivity index (χ4n) is 1.76. The predicted octanol–water partition coefficient (Wildman–Crippen LogP) is 1.83. The van der Waals surface area contributed by atoms with E-state index in [0.717, 1.165) is 24.8 Å². The molecule has 0 amide bonds. The molecule has 0 saturated carbocycles.